The standard InChI is InChI=1S/C12H12N4O3/c13-7-12(5-6-12)11-14-10(15-19-11)8-3-1-2-4-9(8)16(17)18/h1-4H,5-7,13H2. The Bertz CT molecular complexity index is 633. The summed E-state index contributed by atoms with van der Waals surface area (Å²) in [7, 11) is 0. The minimum absolute atomic E-state index is 0.0348. The SMILES string of the molecule is NCC1(c2nc(-c3ccccc3[N+](=O)[O-])no2)CC1. The van der Waals surface area contributed by atoms with Gasteiger partial charge in [0.05, 0.1) is 10.3 Å². The lowest BCUT2D eigenvalue weighted by Gasteiger charge is -2.03. The lowest BCUT2D eigenvalue weighted by atomic mass is 10.1. The Balaban J connectivity index is 2.02. The number of nitrogens with two attached hydrogens (primary N) is 1. The minimum atomic E-state index is -0.457. The van der Waals surface area contributed by atoms with E-state index in [0.29, 0.717) is 18.0 Å². The molecule has 1 aromatic carbocycles. The van der Waals surface area contributed by atoms with Crippen molar-refractivity contribution in [3.8, 4) is 11.4 Å². The molecule has 19 heavy (non-hydrogen) atoms. The van der Waals surface area contributed by atoms with Crippen LogP contribution in [0.1, 0.15) is 18.7 Å². The zero-order valence-electron chi connectivity index (χ0n) is 10.1. The van der Waals surface area contributed by atoms with Gasteiger partial charge in [-0.3, -0.25) is 10.1 Å². The average molecular weight is 260 g/mol. The van der Waals surface area contributed by atoms with Crippen LogP contribution in [0.3, 0.4) is 0 Å². The van der Waals surface area contributed by atoms with Gasteiger partial charge < -0.3 is 10.3 Å². The number of hydrogen-bond acceptors (Lipinski definition) is 6. The van der Waals surface area contributed by atoms with E-state index in [-0.39, 0.29) is 16.9 Å². The van der Waals surface area contributed by atoms with Crippen molar-refractivity contribution in [2.45, 2.75) is 18.3 Å². The Morgan fingerprint density at radius 2 is 2.16 bits per heavy atom. The molecule has 0 saturated heterocycles. The molecule has 7 heteroatoms. The number of nitro benzene ring substituents is 1. The first-order valence-electron chi connectivity index (χ1n) is 5.94. The summed E-state index contributed by atoms with van der Waals surface area (Å²) in [5.41, 5.74) is 5.80. The summed E-state index contributed by atoms with van der Waals surface area (Å²) in [6.07, 6.45) is 1.84. The molecule has 0 amide bonds. The van der Waals surface area contributed by atoms with E-state index >= 15 is 0 Å². The third-order valence-corrected chi connectivity index (χ3v) is 3.47. The first kappa shape index (κ1) is 11.8. The monoisotopic (exact) mass is 260 g/mol. The van der Waals surface area contributed by atoms with Gasteiger partial charge in [-0.15, -0.1) is 0 Å². The molecule has 1 saturated carbocycles. The maximum atomic E-state index is 11.0. The lowest BCUT2D eigenvalue weighted by Crippen LogP contribution is -2.19. The Hall–Kier alpha value is -2.28. The molecule has 1 heterocycles. The number of nitro groups is 1. The molecule has 2 N–H and O–H groups in total. The Kier molecular flexibility index (Phi) is 2.56. The molecule has 0 aliphatic heterocycles. The Labute approximate surface area is 108 Å². The highest BCUT2D eigenvalue weighted by Crippen LogP contribution is 2.46. The molecule has 3 rings (SSSR count). The molecule has 2 aromatic rings. The van der Waals surface area contributed by atoms with E-state index in [1.165, 1.54) is 6.07 Å². The van der Waals surface area contributed by atoms with Crippen molar-refractivity contribution in [3.63, 3.8) is 0 Å². The van der Waals surface area contributed by atoms with Crippen LogP contribution in [-0.4, -0.2) is 21.6 Å². The van der Waals surface area contributed by atoms with Gasteiger partial charge in [0.2, 0.25) is 11.7 Å². The Morgan fingerprint density at radius 3 is 2.79 bits per heavy atom. The fraction of sp³-hybridized carbons (Fsp3) is 0.333. The van der Waals surface area contributed by atoms with E-state index in [4.69, 9.17) is 10.3 Å². The van der Waals surface area contributed by atoms with Crippen LogP contribution in [-0.2, 0) is 5.41 Å². The molecule has 7 nitrogen and oxygen atoms in total. The van der Waals surface area contributed by atoms with E-state index in [1.807, 2.05) is 0 Å². The van der Waals surface area contributed by atoms with Crippen molar-refractivity contribution in [1.29, 1.82) is 0 Å². The number of rotatable bonds is 4. The molecule has 1 aliphatic carbocycles. The van der Waals surface area contributed by atoms with E-state index in [0.717, 1.165) is 12.8 Å². The Morgan fingerprint density at radius 1 is 1.42 bits per heavy atom. The van der Waals surface area contributed by atoms with Gasteiger partial charge in [0.15, 0.2) is 0 Å². The highest BCUT2D eigenvalue weighted by atomic mass is 16.6. The normalized spacial score (nSPS) is 16.3. The number of nitrogens with zero attached hydrogens (tertiary/aromatic N) is 3. The highest BCUT2D eigenvalue weighted by molar-refractivity contribution is 5.67. The maximum absolute atomic E-state index is 11.0. The van der Waals surface area contributed by atoms with Crippen molar-refractivity contribution in [2.24, 2.45) is 5.73 Å². The van der Waals surface area contributed by atoms with Crippen LogP contribution in [0, 0.1) is 10.1 Å². The zero-order valence-corrected chi connectivity index (χ0v) is 10.1. The predicted molar refractivity (Wildman–Crippen MR) is 66.4 cm³/mol. The first-order chi connectivity index (χ1) is 9.16. The zero-order chi connectivity index (χ0) is 13.5. The van der Waals surface area contributed by atoms with Crippen LogP contribution < -0.4 is 5.73 Å². The van der Waals surface area contributed by atoms with Crippen LogP contribution in [0.25, 0.3) is 11.4 Å². The second-order valence-electron chi connectivity index (χ2n) is 4.68. The summed E-state index contributed by atoms with van der Waals surface area (Å²) < 4.78 is 5.21. The molecular formula is C12H12N4O3. The van der Waals surface area contributed by atoms with Crippen LogP contribution in [0.15, 0.2) is 28.8 Å². The number of para-hydroxylation sites is 1. The van der Waals surface area contributed by atoms with Crippen LogP contribution in [0.5, 0.6) is 0 Å². The minimum Gasteiger partial charge on any atom is -0.338 e. The van der Waals surface area contributed by atoms with Gasteiger partial charge in [-0.25, -0.2) is 0 Å². The van der Waals surface area contributed by atoms with Gasteiger partial charge in [0.25, 0.3) is 5.69 Å². The summed E-state index contributed by atoms with van der Waals surface area (Å²) >= 11 is 0. The first-order valence-corrected chi connectivity index (χ1v) is 5.94. The summed E-state index contributed by atoms with van der Waals surface area (Å²) in [5.74, 6) is 0.713. The second-order valence-corrected chi connectivity index (χ2v) is 4.68. The third-order valence-electron chi connectivity index (χ3n) is 3.47. The molecular weight excluding hydrogens is 248 g/mol. The van der Waals surface area contributed by atoms with Crippen LogP contribution in [0.4, 0.5) is 5.69 Å². The van der Waals surface area contributed by atoms with Crippen LogP contribution >= 0.6 is 0 Å². The third kappa shape index (κ3) is 1.88. The molecule has 98 valence electrons. The molecule has 0 atom stereocenters. The van der Waals surface area contributed by atoms with E-state index < -0.39 is 4.92 Å². The molecule has 0 radical (unpaired) electrons. The molecule has 1 fully saturated rings. The predicted octanol–water partition coefficient (Wildman–Crippen LogP) is 1.64. The molecule has 0 spiro atoms. The molecule has 1 aliphatic rings. The second kappa shape index (κ2) is 4.13. The van der Waals surface area contributed by atoms with Gasteiger partial charge in [-0.2, -0.15) is 4.98 Å². The van der Waals surface area contributed by atoms with E-state index in [1.54, 1.807) is 18.2 Å². The largest absolute Gasteiger partial charge is 0.338 e. The van der Waals surface area contributed by atoms with E-state index in [2.05, 4.69) is 10.1 Å². The van der Waals surface area contributed by atoms with Gasteiger partial charge >= 0.3 is 0 Å². The topological polar surface area (TPSA) is 108 Å². The number of aromatic nitrogens is 2. The fourth-order valence-corrected chi connectivity index (χ4v) is 2.03. The number of benzene rings is 1. The summed E-state index contributed by atoms with van der Waals surface area (Å²) in [6, 6.07) is 6.33. The van der Waals surface area contributed by atoms with Crippen molar-refractivity contribution < 1.29 is 9.45 Å². The highest BCUT2D eigenvalue weighted by Gasteiger charge is 2.48. The van der Waals surface area contributed by atoms with Crippen molar-refractivity contribution in [3.05, 3.63) is 40.3 Å². The van der Waals surface area contributed by atoms with Crippen molar-refractivity contribution >= 4 is 5.69 Å². The van der Waals surface area contributed by atoms with Gasteiger partial charge in [0.1, 0.15) is 5.56 Å². The lowest BCUT2D eigenvalue weighted by molar-refractivity contribution is -0.384. The van der Waals surface area contributed by atoms with Crippen LogP contribution in [0.2, 0.25) is 0 Å². The smallest absolute Gasteiger partial charge is 0.280 e. The fourth-order valence-electron chi connectivity index (χ4n) is 2.03. The molecule has 0 unspecified atom stereocenters. The van der Waals surface area contributed by atoms with E-state index in [9.17, 15) is 10.1 Å². The number of hydrogen-bond donors (Lipinski definition) is 1. The average Bonchev–Trinajstić information content (AvgIpc) is 3.08. The van der Waals surface area contributed by atoms with Crippen molar-refractivity contribution in [1.82, 2.24) is 10.1 Å². The summed E-state index contributed by atoms with van der Waals surface area (Å²) in [5, 5.41) is 14.8. The quantitative estimate of drug-likeness (QED) is 0.661. The van der Waals surface area contributed by atoms with Gasteiger partial charge in [0, 0.05) is 12.6 Å². The molecule has 0 bridgehead atoms. The summed E-state index contributed by atoms with van der Waals surface area (Å²) in [4.78, 5) is 14.8. The maximum Gasteiger partial charge on any atom is 0.280 e. The van der Waals surface area contributed by atoms with Gasteiger partial charge in [-0.05, 0) is 18.9 Å². The summed E-state index contributed by atoms with van der Waals surface area (Å²) in [6.45, 7) is 0.450. The van der Waals surface area contributed by atoms with Gasteiger partial charge in [-0.1, -0.05) is 17.3 Å². The van der Waals surface area contributed by atoms with Crippen molar-refractivity contribution in [2.75, 3.05) is 6.54 Å². The molecule has 1 aromatic heterocycles.